The van der Waals surface area contributed by atoms with Gasteiger partial charge in [-0.05, 0) is 414 Å². The molecule has 0 N–H and O–H groups in total. The molecule has 14 aromatic carbocycles. The molecular weight excluding hydrogens is 1820 g/mol. The summed E-state index contributed by atoms with van der Waals surface area (Å²) >= 11 is 0. The van der Waals surface area contributed by atoms with Gasteiger partial charge in [0, 0.05) is 52.1 Å². The Labute approximate surface area is 856 Å². The fraction of sp³-hybridized carbons (Fsp3) is 0.197. The van der Waals surface area contributed by atoms with Crippen LogP contribution >= 0.6 is 0 Å². The zero-order chi connectivity index (χ0) is 103. The second-order valence-electron chi connectivity index (χ2n) is 40.4. The zero-order valence-corrected chi connectivity index (χ0v) is 87.2. The van der Waals surface area contributed by atoms with Crippen molar-refractivity contribution in [3.63, 3.8) is 0 Å². The molecule has 147 heavy (non-hydrogen) atoms. The van der Waals surface area contributed by atoms with E-state index < -0.39 is 0 Å². The van der Waals surface area contributed by atoms with Gasteiger partial charge in [0.05, 0.1) is 76.4 Å². The first-order chi connectivity index (χ1) is 70.5. The maximum absolute atomic E-state index is 13.9. The molecule has 24 rings (SSSR count). The Morgan fingerprint density at radius 1 is 0.211 bits per heavy atom. The largest absolute Gasteiger partial charge is 0.302 e. The highest BCUT2D eigenvalue weighted by atomic mass is 16.2. The summed E-state index contributed by atoms with van der Waals surface area (Å²) in [5.41, 5.74) is 43.6. The van der Waals surface area contributed by atoms with Crippen LogP contribution in [-0.4, -0.2) is 83.6 Å². The highest BCUT2D eigenvalue weighted by Gasteiger charge is 2.45. The molecule has 10 heterocycles. The van der Waals surface area contributed by atoms with Gasteiger partial charge in [0.25, 0.3) is 29.5 Å². The van der Waals surface area contributed by atoms with E-state index in [9.17, 15) is 24.0 Å². The first kappa shape index (κ1) is 95.9. The summed E-state index contributed by atoms with van der Waals surface area (Å²) in [6.07, 6.45) is 5.43. The Balaban J connectivity index is 0.000000115. The number of aryl methyl sites for hydroxylation is 22. The fourth-order valence-corrected chi connectivity index (χ4v) is 21.4. The molecular formula is C127H115N15O5. The highest BCUT2D eigenvalue weighted by molar-refractivity contribution is 6.35. The van der Waals surface area contributed by atoms with Crippen molar-refractivity contribution in [2.75, 3.05) is 19.6 Å². The number of pyridine rings is 1. The maximum Gasteiger partial charge on any atom is 0.284 e. The molecule has 0 fully saturated rings. The molecule has 0 saturated heterocycles. The average Bonchev–Trinajstić information content (AvgIpc) is 1.57. The minimum Gasteiger partial charge on any atom is -0.302 e. The number of rotatable bonds is 12. The second kappa shape index (κ2) is 37.5. The molecule has 0 aliphatic carbocycles. The van der Waals surface area contributed by atoms with Crippen LogP contribution in [0.4, 0.5) is 23.1 Å². The van der Waals surface area contributed by atoms with Crippen molar-refractivity contribution in [2.24, 2.45) is 0 Å². The van der Waals surface area contributed by atoms with Crippen molar-refractivity contribution in [1.29, 1.82) is 0 Å². The van der Waals surface area contributed by atoms with E-state index in [1.165, 1.54) is 93.4 Å². The number of imide groups is 1. The van der Waals surface area contributed by atoms with Gasteiger partial charge < -0.3 is 4.90 Å². The summed E-state index contributed by atoms with van der Waals surface area (Å²) in [5, 5.41) is 28.4. The van der Waals surface area contributed by atoms with Gasteiger partial charge in [0.1, 0.15) is 28.6 Å². The molecule has 20 aromatic rings. The topological polar surface area (TPSA) is 208 Å². The minimum absolute atomic E-state index is 0.00178. The van der Waals surface area contributed by atoms with Crippen LogP contribution in [0.15, 0.2) is 261 Å². The van der Waals surface area contributed by atoms with Crippen LogP contribution in [0.25, 0.3) is 110 Å². The lowest BCUT2D eigenvalue weighted by atomic mass is 9.98. The fourth-order valence-electron chi connectivity index (χ4n) is 21.4. The maximum atomic E-state index is 13.9. The van der Waals surface area contributed by atoms with E-state index in [1.807, 2.05) is 122 Å². The van der Waals surface area contributed by atoms with Gasteiger partial charge in [0.2, 0.25) is 5.95 Å². The number of carbonyl (C=O) groups excluding carboxylic acids is 5. The van der Waals surface area contributed by atoms with Crippen molar-refractivity contribution >= 4 is 95.8 Å². The van der Waals surface area contributed by atoms with Gasteiger partial charge in [-0.2, -0.15) is 20.4 Å². The van der Waals surface area contributed by atoms with Crippen molar-refractivity contribution in [2.45, 2.75) is 172 Å². The van der Waals surface area contributed by atoms with Gasteiger partial charge in [0.15, 0.2) is 0 Å². The SMILES string of the molecule is Cc1cc2cc(C)c(-n3nc(C)c4c3C(=O)N(c3ccc(-c5ccccc5C)cc3C)C4)cc2cc1C.Cc1cc2cc(C)c(-n3nc(C)c4c3C(=O)N(c3ccc(-c5ccccc5C)cc3C)C4=O)cc2cc1C.Cc1cc2cc(C)c(-n3nc(C)c4c3C(=O)N(c3ccc(-c5ccccc5C)cn3)C4)cc2cc1C.Cc1cc2cc(C)c(-n3nc(C)c4c3C(=O)N(c3ncc(-c5ccccc5C)cn3)C4)cc2cc1C. The van der Waals surface area contributed by atoms with E-state index >= 15 is 0 Å². The van der Waals surface area contributed by atoms with Gasteiger partial charge in [-0.15, -0.1) is 0 Å². The first-order valence-electron chi connectivity index (χ1n) is 50.0. The van der Waals surface area contributed by atoms with E-state index in [0.29, 0.717) is 71.1 Å². The Morgan fingerprint density at radius 3 is 0.844 bits per heavy atom. The lowest BCUT2D eigenvalue weighted by Gasteiger charge is -2.20. The lowest BCUT2D eigenvalue weighted by molar-refractivity contribution is 0.0917. The molecule has 0 radical (unpaired) electrons. The van der Waals surface area contributed by atoms with Crippen LogP contribution in [-0.2, 0) is 19.6 Å². The molecule has 20 heteroatoms. The standard InChI is InChI=1S/C33H29N3O2.C33H31N3O.C31H28N4O.C30H27N5O/c1-18-9-7-8-10-27(18)24-11-12-28(21(4)15-24)35-32(37)30-23(6)34-36(31(30)33(35)38)29-17-26-14-20(3)19(2)13-25(26)16-22(29)5;1-19-9-7-8-10-28(19)25-11-12-30(22(4)15-25)35-18-29-24(6)34-36(32(29)33(35)37)31-17-27-14-21(3)20(2)13-26(27)16-23(31)5;1-18-8-6-7-9-26(18)23-10-11-29(32-16-23)34-17-27-22(5)33-35(30(27)31(34)36)28-15-25-13-20(3)19(2)12-24(25)14-21(28)4;1-17-8-6-7-9-25(17)24-14-31-30(32-15-24)34-16-26-21(5)33-35(28(26)29(34)36)27-13-23-11-19(3)18(2)10-22(23)12-20(27)4/h7-17H,1-6H3;7-17H,18H2,1-6H3;6-16H,17H2,1-5H3;6-15H,16H2,1-5H3. The number of benzene rings is 14. The Kier molecular flexibility index (Phi) is 24.5. The molecule has 0 saturated carbocycles. The van der Waals surface area contributed by atoms with Gasteiger partial charge in [-0.25, -0.2) is 38.6 Å². The van der Waals surface area contributed by atoms with Gasteiger partial charge in [-0.3, -0.25) is 33.8 Å². The van der Waals surface area contributed by atoms with Crippen molar-refractivity contribution in [3.8, 4) is 67.3 Å². The molecule has 0 spiro atoms. The molecule has 6 aromatic heterocycles. The highest BCUT2D eigenvalue weighted by Crippen LogP contribution is 2.44. The average molecular weight is 1930 g/mol. The summed E-state index contributed by atoms with van der Waals surface area (Å²) in [5.74, 6) is 0.182. The number of hydrogen-bond donors (Lipinski definition) is 0. The molecule has 5 amide bonds. The molecule has 0 unspecified atom stereocenters. The number of fused-ring (bicyclic) bond motifs is 8. The Morgan fingerprint density at radius 2 is 0.490 bits per heavy atom. The lowest BCUT2D eigenvalue weighted by Crippen LogP contribution is -2.31. The smallest absolute Gasteiger partial charge is 0.284 e. The third-order valence-corrected chi connectivity index (χ3v) is 30.4. The summed E-state index contributed by atoms with van der Waals surface area (Å²) in [4.78, 5) is 89.2. The Bertz CT molecular complexity index is 8740. The van der Waals surface area contributed by atoms with E-state index in [4.69, 9.17) is 15.3 Å². The summed E-state index contributed by atoms with van der Waals surface area (Å²) < 4.78 is 7.16. The number of nitrogens with zero attached hydrogens (tertiary/aromatic N) is 15. The summed E-state index contributed by atoms with van der Waals surface area (Å²) in [6, 6.07) is 84.1. The van der Waals surface area contributed by atoms with Crippen LogP contribution in [0.5, 0.6) is 0 Å². The van der Waals surface area contributed by atoms with Crippen molar-refractivity contribution in [3.05, 3.63) is 429 Å². The van der Waals surface area contributed by atoms with Gasteiger partial charge in [-0.1, -0.05) is 158 Å². The minimum atomic E-state index is -0.350. The van der Waals surface area contributed by atoms with Crippen LogP contribution in [0.3, 0.4) is 0 Å². The zero-order valence-electron chi connectivity index (χ0n) is 87.2. The molecule has 728 valence electrons. The van der Waals surface area contributed by atoms with E-state index in [-0.39, 0.29) is 29.5 Å². The predicted octanol–water partition coefficient (Wildman–Crippen LogP) is 28.0. The second-order valence-corrected chi connectivity index (χ2v) is 40.4. The first-order valence-corrected chi connectivity index (χ1v) is 50.0. The van der Waals surface area contributed by atoms with Crippen molar-refractivity contribution < 1.29 is 24.0 Å². The van der Waals surface area contributed by atoms with Crippen molar-refractivity contribution in [1.82, 2.24) is 54.1 Å². The molecule has 4 aliphatic rings. The molecule has 4 aliphatic heterocycles. The number of hydrogen-bond acceptors (Lipinski definition) is 12. The van der Waals surface area contributed by atoms with E-state index in [0.717, 1.165) is 161 Å². The van der Waals surface area contributed by atoms with E-state index in [1.54, 1.807) is 38.5 Å². The third kappa shape index (κ3) is 17.0. The number of aromatic nitrogens is 11. The van der Waals surface area contributed by atoms with E-state index in [2.05, 4.69) is 307 Å². The normalized spacial score (nSPS) is 13.0. The third-order valence-electron chi connectivity index (χ3n) is 30.4. The summed E-state index contributed by atoms with van der Waals surface area (Å²) in [7, 11) is 0. The number of carbonyl (C=O) groups is 5. The Hall–Kier alpha value is -17.3. The monoisotopic (exact) mass is 1930 g/mol. The van der Waals surface area contributed by atoms with Crippen LogP contribution in [0, 0.1) is 152 Å². The molecule has 0 bridgehead atoms. The predicted molar refractivity (Wildman–Crippen MR) is 592 cm³/mol. The summed E-state index contributed by atoms with van der Waals surface area (Å²) in [6.45, 7) is 46.8. The molecule has 0 atom stereocenters. The van der Waals surface area contributed by atoms with Crippen LogP contribution in [0.1, 0.15) is 192 Å². The van der Waals surface area contributed by atoms with Crippen LogP contribution < -0.4 is 19.6 Å². The molecule has 20 nitrogen and oxygen atoms in total. The number of amides is 5. The quantitative estimate of drug-likeness (QED) is 0.105. The number of anilines is 4. The van der Waals surface area contributed by atoms with Crippen LogP contribution in [0.2, 0.25) is 0 Å². The van der Waals surface area contributed by atoms with Gasteiger partial charge >= 0.3 is 0 Å².